The van der Waals surface area contributed by atoms with Gasteiger partial charge in [0.15, 0.2) is 11.6 Å². The van der Waals surface area contributed by atoms with Gasteiger partial charge in [-0.1, -0.05) is 0 Å². The molecule has 0 saturated heterocycles. The predicted molar refractivity (Wildman–Crippen MR) is 59.4 cm³/mol. The van der Waals surface area contributed by atoms with E-state index in [1.54, 1.807) is 18.3 Å². The second-order valence-corrected chi connectivity index (χ2v) is 3.26. The lowest BCUT2D eigenvalue weighted by atomic mass is 10.1. The van der Waals surface area contributed by atoms with Crippen molar-refractivity contribution < 1.29 is 13.9 Å². The molecule has 0 fully saturated rings. The normalized spacial score (nSPS) is 10.4. The Hall–Kier alpha value is -1.84. The second kappa shape index (κ2) is 4.35. The van der Waals surface area contributed by atoms with Gasteiger partial charge < -0.3 is 9.47 Å². The van der Waals surface area contributed by atoms with Gasteiger partial charge in [0.1, 0.15) is 0 Å². The highest BCUT2D eigenvalue weighted by molar-refractivity contribution is 5.88. The van der Waals surface area contributed by atoms with Gasteiger partial charge in [-0.25, -0.2) is 9.37 Å². The molecule has 84 valence electrons. The molecule has 0 radical (unpaired) electrons. The van der Waals surface area contributed by atoms with E-state index in [-0.39, 0.29) is 5.75 Å². The van der Waals surface area contributed by atoms with Crippen LogP contribution in [0.5, 0.6) is 11.6 Å². The van der Waals surface area contributed by atoms with E-state index < -0.39 is 5.82 Å². The number of methoxy groups -OCH3 is 1. The molecule has 0 aliphatic carbocycles. The lowest BCUT2D eigenvalue weighted by Crippen LogP contribution is -1.96. The number of hydrogen-bond acceptors (Lipinski definition) is 3. The van der Waals surface area contributed by atoms with Crippen LogP contribution in [0.3, 0.4) is 0 Å². The van der Waals surface area contributed by atoms with Gasteiger partial charge in [-0.15, -0.1) is 0 Å². The monoisotopic (exact) mass is 221 g/mol. The largest absolute Gasteiger partial charge is 0.491 e. The maximum absolute atomic E-state index is 13.6. The van der Waals surface area contributed by atoms with E-state index in [2.05, 4.69) is 4.98 Å². The molecule has 16 heavy (non-hydrogen) atoms. The van der Waals surface area contributed by atoms with Gasteiger partial charge in [-0.2, -0.15) is 0 Å². The molecule has 0 bridgehead atoms. The Morgan fingerprint density at radius 1 is 1.38 bits per heavy atom. The Balaban J connectivity index is 2.63. The van der Waals surface area contributed by atoms with Crippen molar-refractivity contribution in [3.8, 4) is 11.6 Å². The first-order valence-corrected chi connectivity index (χ1v) is 5.01. The molecule has 3 nitrogen and oxygen atoms in total. The fourth-order valence-electron chi connectivity index (χ4n) is 1.58. The molecule has 0 aliphatic heterocycles. The molecule has 4 heteroatoms. The summed E-state index contributed by atoms with van der Waals surface area (Å²) in [5.74, 6) is 0.267. The summed E-state index contributed by atoms with van der Waals surface area (Å²) in [6.45, 7) is 2.25. The lowest BCUT2D eigenvalue weighted by molar-refractivity contribution is 0.322. The average Bonchev–Trinajstić information content (AvgIpc) is 2.30. The topological polar surface area (TPSA) is 31.4 Å². The fraction of sp³-hybridized carbons (Fsp3) is 0.250. The summed E-state index contributed by atoms with van der Waals surface area (Å²) in [6, 6.07) is 4.82. The number of rotatable bonds is 3. The van der Waals surface area contributed by atoms with E-state index in [0.717, 1.165) is 5.39 Å². The summed E-state index contributed by atoms with van der Waals surface area (Å²) in [5, 5.41) is 1.49. The molecular formula is C12H12FNO2. The first-order valence-electron chi connectivity index (χ1n) is 5.01. The molecule has 1 aromatic carbocycles. The minimum atomic E-state index is -0.402. The van der Waals surface area contributed by atoms with Crippen LogP contribution in [-0.4, -0.2) is 18.7 Å². The zero-order valence-corrected chi connectivity index (χ0v) is 9.16. The maximum atomic E-state index is 13.6. The minimum absolute atomic E-state index is 0.253. The van der Waals surface area contributed by atoms with Crippen LogP contribution in [0.25, 0.3) is 10.8 Å². The molecule has 1 heterocycles. The quantitative estimate of drug-likeness (QED) is 0.798. The first-order chi connectivity index (χ1) is 7.76. The SMILES string of the molecule is CCOc1cc2ccnc(OC)c2cc1F. The summed E-state index contributed by atoms with van der Waals surface area (Å²) in [7, 11) is 1.51. The van der Waals surface area contributed by atoms with E-state index in [0.29, 0.717) is 17.9 Å². The van der Waals surface area contributed by atoms with Crippen LogP contribution in [0.4, 0.5) is 4.39 Å². The second-order valence-electron chi connectivity index (χ2n) is 3.26. The van der Waals surface area contributed by atoms with Crippen molar-refractivity contribution in [3.63, 3.8) is 0 Å². The zero-order valence-electron chi connectivity index (χ0n) is 9.16. The van der Waals surface area contributed by atoms with Gasteiger partial charge in [0.05, 0.1) is 13.7 Å². The van der Waals surface area contributed by atoms with Crippen molar-refractivity contribution in [2.75, 3.05) is 13.7 Å². The molecule has 0 atom stereocenters. The van der Waals surface area contributed by atoms with Gasteiger partial charge in [0.2, 0.25) is 5.88 Å². The van der Waals surface area contributed by atoms with E-state index in [1.165, 1.54) is 13.2 Å². The van der Waals surface area contributed by atoms with Crippen molar-refractivity contribution in [3.05, 3.63) is 30.2 Å². The van der Waals surface area contributed by atoms with Gasteiger partial charge >= 0.3 is 0 Å². The molecular weight excluding hydrogens is 209 g/mol. The molecule has 2 rings (SSSR count). The molecule has 1 aromatic heterocycles. The number of pyridine rings is 1. The van der Waals surface area contributed by atoms with Crippen LogP contribution in [0.1, 0.15) is 6.92 Å². The summed E-state index contributed by atoms with van der Waals surface area (Å²) < 4.78 is 23.9. The summed E-state index contributed by atoms with van der Waals surface area (Å²) in [4.78, 5) is 4.01. The number of hydrogen-bond donors (Lipinski definition) is 0. The number of fused-ring (bicyclic) bond motifs is 1. The molecule has 2 aromatic rings. The number of benzene rings is 1. The third-order valence-electron chi connectivity index (χ3n) is 2.27. The Kier molecular flexibility index (Phi) is 2.90. The molecule has 0 N–H and O–H groups in total. The summed E-state index contributed by atoms with van der Waals surface area (Å²) in [6.07, 6.45) is 1.62. The number of aromatic nitrogens is 1. The van der Waals surface area contributed by atoms with Crippen molar-refractivity contribution in [2.45, 2.75) is 6.92 Å². The highest BCUT2D eigenvalue weighted by atomic mass is 19.1. The van der Waals surface area contributed by atoms with Crippen molar-refractivity contribution >= 4 is 10.8 Å². The van der Waals surface area contributed by atoms with Crippen LogP contribution in [-0.2, 0) is 0 Å². The third-order valence-corrected chi connectivity index (χ3v) is 2.27. The van der Waals surface area contributed by atoms with Crippen LogP contribution in [0.2, 0.25) is 0 Å². The van der Waals surface area contributed by atoms with Crippen molar-refractivity contribution in [1.29, 1.82) is 0 Å². The minimum Gasteiger partial charge on any atom is -0.491 e. The van der Waals surface area contributed by atoms with Crippen LogP contribution in [0, 0.1) is 5.82 Å². The van der Waals surface area contributed by atoms with Crippen LogP contribution < -0.4 is 9.47 Å². The summed E-state index contributed by atoms with van der Waals surface area (Å²) in [5.41, 5.74) is 0. The Morgan fingerprint density at radius 3 is 2.88 bits per heavy atom. The van der Waals surface area contributed by atoms with Crippen LogP contribution in [0.15, 0.2) is 24.4 Å². The Labute approximate surface area is 92.8 Å². The molecule has 0 saturated carbocycles. The highest BCUT2D eigenvalue weighted by Gasteiger charge is 2.09. The highest BCUT2D eigenvalue weighted by Crippen LogP contribution is 2.29. The Morgan fingerprint density at radius 2 is 2.19 bits per heavy atom. The van der Waals surface area contributed by atoms with Gasteiger partial charge in [-0.3, -0.25) is 0 Å². The predicted octanol–water partition coefficient (Wildman–Crippen LogP) is 2.78. The standard InChI is InChI=1S/C12H12FNO2/c1-3-16-11-6-8-4-5-14-12(15-2)9(8)7-10(11)13/h4-7H,3H2,1-2H3. The zero-order chi connectivity index (χ0) is 11.5. The Bertz CT molecular complexity index is 514. The van der Waals surface area contributed by atoms with E-state index in [1.807, 2.05) is 6.92 Å². The molecule has 0 amide bonds. The van der Waals surface area contributed by atoms with Gasteiger partial charge in [0.25, 0.3) is 0 Å². The first kappa shape index (κ1) is 10.7. The third kappa shape index (κ3) is 1.78. The molecule has 0 spiro atoms. The fourth-order valence-corrected chi connectivity index (χ4v) is 1.58. The van der Waals surface area contributed by atoms with Gasteiger partial charge in [0, 0.05) is 11.6 Å². The van der Waals surface area contributed by atoms with Crippen LogP contribution >= 0.6 is 0 Å². The van der Waals surface area contributed by atoms with Crippen molar-refractivity contribution in [1.82, 2.24) is 4.98 Å². The average molecular weight is 221 g/mol. The number of nitrogens with zero attached hydrogens (tertiary/aromatic N) is 1. The maximum Gasteiger partial charge on any atom is 0.221 e. The number of ether oxygens (including phenoxy) is 2. The lowest BCUT2D eigenvalue weighted by Gasteiger charge is -2.08. The van der Waals surface area contributed by atoms with Crippen molar-refractivity contribution in [2.24, 2.45) is 0 Å². The number of halogens is 1. The van der Waals surface area contributed by atoms with Gasteiger partial charge in [-0.05, 0) is 30.5 Å². The van der Waals surface area contributed by atoms with E-state index >= 15 is 0 Å². The molecule has 0 unspecified atom stereocenters. The van der Waals surface area contributed by atoms with E-state index in [9.17, 15) is 4.39 Å². The molecule has 0 aliphatic rings. The van der Waals surface area contributed by atoms with E-state index in [4.69, 9.17) is 9.47 Å². The summed E-state index contributed by atoms with van der Waals surface area (Å²) >= 11 is 0. The smallest absolute Gasteiger partial charge is 0.221 e.